The summed E-state index contributed by atoms with van der Waals surface area (Å²) in [4.78, 5) is 16.8. The number of carbonyl (C=O) groups is 1. The van der Waals surface area contributed by atoms with Crippen LogP contribution in [0.25, 0.3) is 0 Å². The van der Waals surface area contributed by atoms with Gasteiger partial charge in [0.1, 0.15) is 0 Å². The van der Waals surface area contributed by atoms with E-state index in [1.807, 2.05) is 37.1 Å². The molecule has 1 amide bonds. The minimum atomic E-state index is -0.319. The Kier molecular flexibility index (Phi) is 3.59. The molecule has 0 aliphatic rings. The number of aryl methyl sites for hydroxylation is 1. The normalized spacial score (nSPS) is 10.5. The van der Waals surface area contributed by atoms with E-state index < -0.39 is 0 Å². The molecule has 0 bridgehead atoms. The molecule has 0 atom stereocenters. The van der Waals surface area contributed by atoms with Crippen molar-refractivity contribution in [2.45, 2.75) is 13.5 Å². The van der Waals surface area contributed by atoms with Crippen LogP contribution < -0.4 is 5.73 Å². The van der Waals surface area contributed by atoms with Crippen molar-refractivity contribution in [1.82, 2.24) is 9.88 Å². The van der Waals surface area contributed by atoms with Gasteiger partial charge in [-0.05, 0) is 26.1 Å². The van der Waals surface area contributed by atoms with E-state index in [-0.39, 0.29) is 12.5 Å². The summed E-state index contributed by atoms with van der Waals surface area (Å²) in [5, 5.41) is 0. The quantitative estimate of drug-likeness (QED) is 0.748. The standard InChI is InChI=1S/C10H15N3O/c1-8-4-3-5-9(12-8)6-13(2)7-10(11)14/h3-5H,6-7H2,1-2H3,(H2,11,14). The predicted molar refractivity (Wildman–Crippen MR) is 54.5 cm³/mol. The molecule has 4 heteroatoms. The number of rotatable bonds is 4. The van der Waals surface area contributed by atoms with Crippen molar-refractivity contribution in [2.75, 3.05) is 13.6 Å². The van der Waals surface area contributed by atoms with Crippen molar-refractivity contribution in [3.05, 3.63) is 29.6 Å². The fourth-order valence-corrected chi connectivity index (χ4v) is 1.29. The molecule has 0 radical (unpaired) electrons. The van der Waals surface area contributed by atoms with E-state index in [0.717, 1.165) is 11.4 Å². The van der Waals surface area contributed by atoms with Crippen LogP contribution in [-0.4, -0.2) is 29.4 Å². The summed E-state index contributed by atoms with van der Waals surface area (Å²) in [6, 6.07) is 5.83. The average molecular weight is 193 g/mol. The largest absolute Gasteiger partial charge is 0.369 e. The number of hydrogen-bond donors (Lipinski definition) is 1. The summed E-state index contributed by atoms with van der Waals surface area (Å²) < 4.78 is 0. The smallest absolute Gasteiger partial charge is 0.231 e. The zero-order valence-electron chi connectivity index (χ0n) is 8.53. The van der Waals surface area contributed by atoms with Crippen LogP contribution in [0.4, 0.5) is 0 Å². The first-order chi connectivity index (χ1) is 6.58. The average Bonchev–Trinajstić information content (AvgIpc) is 2.01. The Morgan fingerprint density at radius 2 is 2.29 bits per heavy atom. The number of aromatic nitrogens is 1. The molecule has 0 spiro atoms. The molecule has 0 aromatic carbocycles. The second-order valence-corrected chi connectivity index (χ2v) is 3.41. The molecule has 0 aliphatic carbocycles. The van der Waals surface area contributed by atoms with Crippen molar-refractivity contribution < 1.29 is 4.79 Å². The second-order valence-electron chi connectivity index (χ2n) is 3.41. The molecule has 0 aliphatic heterocycles. The highest BCUT2D eigenvalue weighted by atomic mass is 16.1. The lowest BCUT2D eigenvalue weighted by Crippen LogP contribution is -2.30. The number of likely N-dealkylation sites (N-methyl/N-ethyl adjacent to an activating group) is 1. The minimum absolute atomic E-state index is 0.260. The van der Waals surface area contributed by atoms with E-state index >= 15 is 0 Å². The van der Waals surface area contributed by atoms with Crippen LogP contribution in [0.5, 0.6) is 0 Å². The maximum atomic E-state index is 10.6. The Morgan fingerprint density at radius 3 is 2.86 bits per heavy atom. The third-order valence-corrected chi connectivity index (χ3v) is 1.80. The van der Waals surface area contributed by atoms with E-state index in [2.05, 4.69) is 4.98 Å². The summed E-state index contributed by atoms with van der Waals surface area (Å²) in [7, 11) is 1.84. The molecule has 1 rings (SSSR count). The molecule has 76 valence electrons. The van der Waals surface area contributed by atoms with Gasteiger partial charge in [-0.25, -0.2) is 0 Å². The number of pyridine rings is 1. The van der Waals surface area contributed by atoms with Crippen LogP contribution >= 0.6 is 0 Å². The van der Waals surface area contributed by atoms with Crippen LogP contribution in [0.2, 0.25) is 0 Å². The number of amides is 1. The maximum absolute atomic E-state index is 10.6. The monoisotopic (exact) mass is 193 g/mol. The van der Waals surface area contributed by atoms with Gasteiger partial charge in [0, 0.05) is 12.2 Å². The van der Waals surface area contributed by atoms with E-state index in [1.165, 1.54) is 0 Å². The fraction of sp³-hybridized carbons (Fsp3) is 0.400. The van der Waals surface area contributed by atoms with Gasteiger partial charge in [0.15, 0.2) is 0 Å². The van der Waals surface area contributed by atoms with Gasteiger partial charge in [-0.15, -0.1) is 0 Å². The van der Waals surface area contributed by atoms with Gasteiger partial charge >= 0.3 is 0 Å². The first-order valence-corrected chi connectivity index (χ1v) is 4.47. The van der Waals surface area contributed by atoms with Gasteiger partial charge in [-0.1, -0.05) is 6.07 Å². The summed E-state index contributed by atoms with van der Waals surface area (Å²) in [5.74, 6) is -0.319. The van der Waals surface area contributed by atoms with Crippen molar-refractivity contribution >= 4 is 5.91 Å². The van der Waals surface area contributed by atoms with Crippen molar-refractivity contribution in [3.63, 3.8) is 0 Å². The number of primary amides is 1. The molecular weight excluding hydrogens is 178 g/mol. The Bertz CT molecular complexity index is 325. The van der Waals surface area contributed by atoms with Crippen molar-refractivity contribution in [2.24, 2.45) is 5.73 Å². The van der Waals surface area contributed by atoms with Gasteiger partial charge in [-0.2, -0.15) is 0 Å². The van der Waals surface area contributed by atoms with Gasteiger partial charge in [0.25, 0.3) is 0 Å². The molecule has 0 saturated carbocycles. The molecule has 0 fully saturated rings. The Balaban J connectivity index is 2.55. The molecular formula is C10H15N3O. The second kappa shape index (κ2) is 4.72. The van der Waals surface area contributed by atoms with Gasteiger partial charge in [0.2, 0.25) is 5.91 Å². The van der Waals surface area contributed by atoms with Crippen LogP contribution in [-0.2, 0) is 11.3 Å². The van der Waals surface area contributed by atoms with Gasteiger partial charge in [-0.3, -0.25) is 14.7 Å². The van der Waals surface area contributed by atoms with Gasteiger partial charge < -0.3 is 5.73 Å². The molecule has 1 aromatic rings. The van der Waals surface area contributed by atoms with Crippen LogP contribution in [0.1, 0.15) is 11.4 Å². The highest BCUT2D eigenvalue weighted by Crippen LogP contribution is 2.00. The number of nitrogens with zero attached hydrogens (tertiary/aromatic N) is 2. The molecule has 1 heterocycles. The maximum Gasteiger partial charge on any atom is 0.231 e. The highest BCUT2D eigenvalue weighted by Gasteiger charge is 2.04. The first kappa shape index (κ1) is 10.7. The molecule has 4 nitrogen and oxygen atoms in total. The lowest BCUT2D eigenvalue weighted by atomic mass is 10.3. The molecule has 0 unspecified atom stereocenters. The number of carbonyl (C=O) groups excluding carboxylic acids is 1. The zero-order chi connectivity index (χ0) is 10.6. The minimum Gasteiger partial charge on any atom is -0.369 e. The Morgan fingerprint density at radius 1 is 1.57 bits per heavy atom. The molecule has 14 heavy (non-hydrogen) atoms. The molecule has 2 N–H and O–H groups in total. The van der Waals surface area contributed by atoms with Gasteiger partial charge in [0.05, 0.1) is 12.2 Å². The van der Waals surface area contributed by atoms with E-state index in [9.17, 15) is 4.79 Å². The topological polar surface area (TPSA) is 59.2 Å². The summed E-state index contributed by atoms with van der Waals surface area (Å²) >= 11 is 0. The zero-order valence-corrected chi connectivity index (χ0v) is 8.53. The highest BCUT2D eigenvalue weighted by molar-refractivity contribution is 5.75. The molecule has 1 aromatic heterocycles. The van der Waals surface area contributed by atoms with Crippen LogP contribution in [0.15, 0.2) is 18.2 Å². The Labute approximate surface area is 83.7 Å². The molecule has 0 saturated heterocycles. The SMILES string of the molecule is Cc1cccc(CN(C)CC(N)=O)n1. The summed E-state index contributed by atoms with van der Waals surface area (Å²) in [6.45, 7) is 2.85. The van der Waals surface area contributed by atoms with Crippen LogP contribution in [0, 0.1) is 6.92 Å². The lowest BCUT2D eigenvalue weighted by Gasteiger charge is -2.13. The Hall–Kier alpha value is -1.42. The van der Waals surface area contributed by atoms with Crippen molar-refractivity contribution in [1.29, 1.82) is 0 Å². The fourth-order valence-electron chi connectivity index (χ4n) is 1.29. The summed E-state index contributed by atoms with van der Waals surface area (Å²) in [5.41, 5.74) is 7.01. The van der Waals surface area contributed by atoms with Crippen molar-refractivity contribution in [3.8, 4) is 0 Å². The predicted octanol–water partition coefficient (Wildman–Crippen LogP) is 0.307. The van der Waals surface area contributed by atoms with E-state index in [0.29, 0.717) is 6.54 Å². The number of nitrogens with two attached hydrogens (primary N) is 1. The van der Waals surface area contributed by atoms with Crippen LogP contribution in [0.3, 0.4) is 0 Å². The third kappa shape index (κ3) is 3.53. The number of hydrogen-bond acceptors (Lipinski definition) is 3. The van der Waals surface area contributed by atoms with E-state index in [1.54, 1.807) is 0 Å². The lowest BCUT2D eigenvalue weighted by molar-refractivity contribution is -0.118. The third-order valence-electron chi connectivity index (χ3n) is 1.80. The van der Waals surface area contributed by atoms with E-state index in [4.69, 9.17) is 5.73 Å². The summed E-state index contributed by atoms with van der Waals surface area (Å²) in [6.07, 6.45) is 0. The first-order valence-electron chi connectivity index (χ1n) is 4.47.